The molecule has 0 aromatic carbocycles. The summed E-state index contributed by atoms with van der Waals surface area (Å²) in [5.41, 5.74) is -4.09. The third-order valence-electron chi connectivity index (χ3n) is 12.1. The van der Waals surface area contributed by atoms with Crippen LogP contribution < -0.4 is 0 Å². The Labute approximate surface area is 233 Å². The van der Waals surface area contributed by atoms with Crippen molar-refractivity contribution in [1.82, 2.24) is 0 Å². The minimum Gasteiger partial charge on any atom is -0.458 e. The molecule has 0 aromatic rings. The summed E-state index contributed by atoms with van der Waals surface area (Å²) in [6, 6.07) is 0. The summed E-state index contributed by atoms with van der Waals surface area (Å²) in [5.74, 6) is -1.42. The topological polar surface area (TPSA) is 183 Å². The molecule has 0 spiro atoms. The summed E-state index contributed by atoms with van der Waals surface area (Å²) in [7, 11) is 0. The molecule has 0 radical (unpaired) electrons. The van der Waals surface area contributed by atoms with Gasteiger partial charge in [0.05, 0.1) is 34.9 Å². The van der Waals surface area contributed by atoms with Gasteiger partial charge in [0.15, 0.2) is 6.29 Å². The predicted molar refractivity (Wildman–Crippen MR) is 136 cm³/mol. The van der Waals surface area contributed by atoms with Crippen molar-refractivity contribution >= 4 is 12.3 Å². The summed E-state index contributed by atoms with van der Waals surface area (Å²) >= 11 is 0. The molecule has 11 nitrogen and oxygen atoms in total. The minimum atomic E-state index is -1.47. The van der Waals surface area contributed by atoms with Crippen molar-refractivity contribution in [2.75, 3.05) is 6.61 Å². The second kappa shape index (κ2) is 9.54. The normalized spacial score (nSPS) is 56.0. The van der Waals surface area contributed by atoms with Crippen LogP contribution >= 0.6 is 0 Å². The Hall–Kier alpha value is -1.44. The number of aldehydes is 1. The Bertz CT molecular complexity index is 1080. The van der Waals surface area contributed by atoms with Gasteiger partial charge in [-0.05, 0) is 75.2 Å². The van der Waals surface area contributed by atoms with Crippen molar-refractivity contribution in [2.24, 2.45) is 28.6 Å². The van der Waals surface area contributed by atoms with Crippen LogP contribution in [0.25, 0.3) is 0 Å². The lowest BCUT2D eigenvalue weighted by atomic mass is 9.41. The van der Waals surface area contributed by atoms with Crippen LogP contribution in [0.2, 0.25) is 0 Å². The zero-order valence-corrected chi connectivity index (χ0v) is 23.0. The van der Waals surface area contributed by atoms with E-state index in [9.17, 15) is 40.2 Å². The van der Waals surface area contributed by atoms with Gasteiger partial charge in [-0.3, -0.25) is 0 Å². The van der Waals surface area contributed by atoms with E-state index in [1.807, 2.05) is 6.92 Å². The zero-order chi connectivity index (χ0) is 28.8. The van der Waals surface area contributed by atoms with E-state index in [-0.39, 0.29) is 44.1 Å². The first-order valence-electron chi connectivity index (χ1n) is 14.6. The molecular formula is C29H42O11. The largest absolute Gasteiger partial charge is 0.458 e. The molecule has 5 fully saturated rings. The second-order valence-corrected chi connectivity index (χ2v) is 13.5. The molecule has 0 amide bonds. The standard InChI is InChI=1S/C29H42O11/c1-14-22(33)23(34)24(35)25(39-14)40-16-3-6-27(13-30)19-10-20(31)26(2)17(15-9-21(32)38-12-15)5-8-29(26,37)18(19)4-7-28(27,36)11-16/h9,13-14,16-20,22-25,31,33-37H,3-8,10-12H2,1-2H3/t14-,16+,17+,18+,19-,20-,22-,23-,24-,25-,26+,27+,28-,29+/m1/s1. The van der Waals surface area contributed by atoms with Gasteiger partial charge in [-0.15, -0.1) is 0 Å². The molecule has 40 heavy (non-hydrogen) atoms. The molecule has 11 heteroatoms. The molecule has 1 saturated heterocycles. The van der Waals surface area contributed by atoms with Gasteiger partial charge in [-0.25, -0.2) is 4.79 Å². The fourth-order valence-electron chi connectivity index (χ4n) is 9.74. The highest BCUT2D eigenvalue weighted by Gasteiger charge is 2.74. The smallest absolute Gasteiger partial charge is 0.331 e. The van der Waals surface area contributed by atoms with E-state index in [4.69, 9.17) is 14.2 Å². The lowest BCUT2D eigenvalue weighted by Gasteiger charge is -2.66. The van der Waals surface area contributed by atoms with Gasteiger partial charge in [-0.1, -0.05) is 6.92 Å². The van der Waals surface area contributed by atoms with Gasteiger partial charge in [0.1, 0.15) is 31.2 Å². The number of carbonyl (C=O) groups is 2. The Morgan fingerprint density at radius 3 is 2.42 bits per heavy atom. The summed E-state index contributed by atoms with van der Waals surface area (Å²) in [5, 5.41) is 66.7. The summed E-state index contributed by atoms with van der Waals surface area (Å²) < 4.78 is 16.8. The van der Waals surface area contributed by atoms with Crippen LogP contribution in [-0.2, 0) is 23.8 Å². The Balaban J connectivity index is 1.25. The van der Waals surface area contributed by atoms with Crippen molar-refractivity contribution < 1.29 is 54.4 Å². The first kappa shape index (κ1) is 28.7. The molecule has 14 atom stereocenters. The third kappa shape index (κ3) is 3.71. The fraction of sp³-hybridized carbons (Fsp3) is 0.862. The monoisotopic (exact) mass is 566 g/mol. The van der Waals surface area contributed by atoms with Gasteiger partial charge in [0.25, 0.3) is 0 Å². The maximum Gasteiger partial charge on any atom is 0.331 e. The number of aliphatic hydroxyl groups is 6. The number of rotatable bonds is 4. The maximum atomic E-state index is 13.0. The molecule has 224 valence electrons. The van der Waals surface area contributed by atoms with Crippen LogP contribution in [0.4, 0.5) is 0 Å². The highest BCUT2D eigenvalue weighted by molar-refractivity contribution is 5.85. The second-order valence-electron chi connectivity index (χ2n) is 13.5. The zero-order valence-electron chi connectivity index (χ0n) is 23.0. The van der Waals surface area contributed by atoms with Crippen LogP contribution in [0.3, 0.4) is 0 Å². The Kier molecular flexibility index (Phi) is 6.83. The first-order chi connectivity index (χ1) is 18.8. The van der Waals surface area contributed by atoms with Gasteiger partial charge >= 0.3 is 5.97 Å². The molecule has 2 heterocycles. The molecule has 2 aliphatic heterocycles. The number of esters is 1. The van der Waals surface area contributed by atoms with E-state index < -0.39 is 76.8 Å². The van der Waals surface area contributed by atoms with Gasteiger partial charge < -0.3 is 49.6 Å². The van der Waals surface area contributed by atoms with Crippen LogP contribution in [0.15, 0.2) is 11.6 Å². The molecule has 0 unspecified atom stereocenters. The highest BCUT2D eigenvalue weighted by atomic mass is 16.7. The van der Waals surface area contributed by atoms with Crippen molar-refractivity contribution in [2.45, 2.75) is 119 Å². The number of carbonyl (C=O) groups excluding carboxylic acids is 2. The number of ether oxygens (including phenoxy) is 3. The van der Waals surface area contributed by atoms with Crippen molar-refractivity contribution in [3.8, 4) is 0 Å². The molecule has 0 aromatic heterocycles. The highest BCUT2D eigenvalue weighted by Crippen LogP contribution is 2.70. The molecular weight excluding hydrogens is 524 g/mol. The van der Waals surface area contributed by atoms with E-state index in [0.29, 0.717) is 25.7 Å². The number of hydrogen-bond acceptors (Lipinski definition) is 11. The minimum absolute atomic E-state index is 0.0926. The SMILES string of the molecule is C[C@H]1O[C@H](O[C@H]2CC[C@]3(C=O)[C@@H]4C[C@@H](O)[C@]5(C)[C@H](C6=CC(=O)OC6)CC[C@]5(O)[C@H]4CC[C@@]3(O)C2)[C@H](O)[C@H](O)[C@@H]1O. The van der Waals surface area contributed by atoms with Gasteiger partial charge in [0.2, 0.25) is 0 Å². The van der Waals surface area contributed by atoms with Crippen molar-refractivity contribution in [3.63, 3.8) is 0 Å². The van der Waals surface area contributed by atoms with E-state index in [1.165, 1.54) is 6.08 Å². The molecule has 6 N–H and O–H groups in total. The predicted octanol–water partition coefficient (Wildman–Crippen LogP) is -0.279. The molecule has 4 aliphatic carbocycles. The maximum absolute atomic E-state index is 13.0. The van der Waals surface area contributed by atoms with Crippen LogP contribution in [0.1, 0.15) is 65.2 Å². The average molecular weight is 567 g/mol. The summed E-state index contributed by atoms with van der Waals surface area (Å²) in [6.07, 6.45) is -2.70. The van der Waals surface area contributed by atoms with Crippen molar-refractivity contribution in [3.05, 3.63) is 11.6 Å². The number of cyclic esters (lactones) is 1. The number of fused-ring (bicyclic) bond motifs is 5. The molecule has 6 aliphatic rings. The average Bonchev–Trinajstić information content (AvgIpc) is 3.46. The number of hydrogen-bond donors (Lipinski definition) is 6. The Morgan fingerprint density at radius 2 is 1.75 bits per heavy atom. The molecule has 6 rings (SSSR count). The molecule has 0 bridgehead atoms. The van der Waals surface area contributed by atoms with E-state index in [0.717, 1.165) is 11.9 Å². The van der Waals surface area contributed by atoms with Crippen LogP contribution in [0.5, 0.6) is 0 Å². The summed E-state index contributed by atoms with van der Waals surface area (Å²) in [6.45, 7) is 3.61. The lowest BCUT2D eigenvalue weighted by Crippen LogP contribution is -2.71. The quantitative estimate of drug-likeness (QED) is 0.149. The van der Waals surface area contributed by atoms with E-state index in [1.54, 1.807) is 6.92 Å². The van der Waals surface area contributed by atoms with Crippen LogP contribution in [0, 0.1) is 28.6 Å². The number of aliphatic hydroxyl groups excluding tert-OH is 4. The fourth-order valence-corrected chi connectivity index (χ4v) is 9.74. The lowest BCUT2D eigenvalue weighted by molar-refractivity contribution is -0.319. The third-order valence-corrected chi connectivity index (χ3v) is 12.1. The first-order valence-corrected chi connectivity index (χ1v) is 14.6. The van der Waals surface area contributed by atoms with Crippen LogP contribution in [-0.4, -0.2) is 104 Å². The molecule has 4 saturated carbocycles. The van der Waals surface area contributed by atoms with E-state index in [2.05, 4.69) is 0 Å². The van der Waals surface area contributed by atoms with Crippen molar-refractivity contribution in [1.29, 1.82) is 0 Å². The summed E-state index contributed by atoms with van der Waals surface area (Å²) in [4.78, 5) is 24.8. The van der Waals surface area contributed by atoms with Gasteiger partial charge in [0, 0.05) is 17.9 Å². The van der Waals surface area contributed by atoms with Gasteiger partial charge in [-0.2, -0.15) is 0 Å². The Morgan fingerprint density at radius 1 is 1.00 bits per heavy atom. The van der Waals surface area contributed by atoms with E-state index >= 15 is 0 Å².